The summed E-state index contributed by atoms with van der Waals surface area (Å²) in [5, 5.41) is 7.95. The van der Waals surface area contributed by atoms with Gasteiger partial charge in [0.2, 0.25) is 0 Å². The van der Waals surface area contributed by atoms with Crippen LogP contribution in [0.3, 0.4) is 0 Å². The number of rotatable bonds is 9. The lowest BCUT2D eigenvalue weighted by Crippen LogP contribution is -2.42. The molecule has 0 bridgehead atoms. The molecule has 16 nitrogen and oxygen atoms in total. The van der Waals surface area contributed by atoms with E-state index in [9.17, 15) is 18.0 Å². The first-order chi connectivity index (χ1) is 22.0. The number of carbonyl (C=O) groups is 2. The molecule has 242 valence electrons. The van der Waals surface area contributed by atoms with Crippen molar-refractivity contribution in [2.24, 2.45) is 0 Å². The molecule has 4 N–H and O–H groups in total. The molecule has 6 rings (SSSR count). The molecule has 2 saturated heterocycles. The van der Waals surface area contributed by atoms with Gasteiger partial charge in [-0.25, -0.2) is 28.2 Å². The quantitative estimate of drug-likeness (QED) is 0.207. The first-order valence-electron chi connectivity index (χ1n) is 14.3. The Morgan fingerprint density at radius 3 is 2.48 bits per heavy atom. The highest BCUT2D eigenvalue weighted by atomic mass is 32.2. The van der Waals surface area contributed by atoms with Gasteiger partial charge in [0.15, 0.2) is 35.1 Å². The van der Waals surface area contributed by atoms with Crippen LogP contribution in [0.4, 0.5) is 22.0 Å². The molecule has 4 heterocycles. The fourth-order valence-corrected chi connectivity index (χ4v) is 6.57. The van der Waals surface area contributed by atoms with Gasteiger partial charge >= 0.3 is 6.03 Å². The van der Waals surface area contributed by atoms with Gasteiger partial charge in [0.1, 0.15) is 29.2 Å². The molecule has 0 radical (unpaired) electrons. The minimum atomic E-state index is -4.09. The number of aromatic nitrogens is 4. The number of amides is 3. The predicted molar refractivity (Wildman–Crippen MR) is 165 cm³/mol. The van der Waals surface area contributed by atoms with E-state index in [1.807, 2.05) is 0 Å². The standard InChI is InChI=1S/C29H32N8O8S/c1-5-30-26(38)22-21-23(45-29(2,3)44-21)27(43-22)37-15-33-20-24(31-14-32-25(20)37)35-28(39)34-18-8-6-7-9-19(18)46(40,41)36-16-10-12-17(42-4)13-11-16/h6-15,21-23,27,36H,5H2,1-4H3,(H,30,38)(H2,31,32,34,35,39)/t21-,22+,23-,27-/m1/s1. The minimum absolute atomic E-state index is 0.0274. The molecule has 3 amide bonds. The minimum Gasteiger partial charge on any atom is -0.497 e. The molecule has 0 spiro atoms. The summed E-state index contributed by atoms with van der Waals surface area (Å²) in [7, 11) is -2.58. The second kappa shape index (κ2) is 12.2. The molecule has 2 aliphatic rings. The predicted octanol–water partition coefficient (Wildman–Crippen LogP) is 2.83. The van der Waals surface area contributed by atoms with Crippen molar-refractivity contribution in [3.05, 3.63) is 61.2 Å². The van der Waals surface area contributed by atoms with Gasteiger partial charge in [0, 0.05) is 12.2 Å². The van der Waals surface area contributed by atoms with Crippen LogP contribution in [-0.4, -0.2) is 77.6 Å². The van der Waals surface area contributed by atoms with E-state index < -0.39 is 46.4 Å². The van der Waals surface area contributed by atoms with E-state index >= 15 is 0 Å². The third-order valence-electron chi connectivity index (χ3n) is 7.27. The number of hydrogen-bond acceptors (Lipinski definition) is 11. The number of para-hydroxylation sites is 1. The number of carbonyl (C=O) groups excluding carboxylic acids is 2. The number of likely N-dealkylation sites (N-methyl/N-ethyl adjacent to an activating group) is 1. The molecule has 2 aliphatic heterocycles. The number of urea groups is 1. The molecule has 4 atom stereocenters. The van der Waals surface area contributed by atoms with E-state index in [-0.39, 0.29) is 27.8 Å². The Labute approximate surface area is 263 Å². The summed E-state index contributed by atoms with van der Waals surface area (Å²) in [5.74, 6) is -0.664. The summed E-state index contributed by atoms with van der Waals surface area (Å²) in [6.07, 6.45) is -0.404. The van der Waals surface area contributed by atoms with Crippen molar-refractivity contribution in [3.8, 4) is 5.75 Å². The fraction of sp³-hybridized carbons (Fsp3) is 0.345. The van der Waals surface area contributed by atoms with Crippen LogP contribution in [0.25, 0.3) is 11.2 Å². The fourth-order valence-electron chi connectivity index (χ4n) is 5.35. The van der Waals surface area contributed by atoms with Crippen LogP contribution in [0.5, 0.6) is 5.75 Å². The molecular weight excluding hydrogens is 620 g/mol. The third-order valence-corrected chi connectivity index (χ3v) is 8.71. The Morgan fingerprint density at radius 2 is 1.74 bits per heavy atom. The third kappa shape index (κ3) is 6.04. The molecule has 2 fully saturated rings. The van der Waals surface area contributed by atoms with Crippen molar-refractivity contribution < 1.29 is 37.0 Å². The van der Waals surface area contributed by atoms with Crippen LogP contribution < -0.4 is 25.4 Å². The van der Waals surface area contributed by atoms with Gasteiger partial charge in [-0.3, -0.25) is 19.4 Å². The average molecular weight is 653 g/mol. The van der Waals surface area contributed by atoms with E-state index in [1.54, 1.807) is 61.7 Å². The topological polar surface area (TPSA) is 197 Å². The summed E-state index contributed by atoms with van der Waals surface area (Å²) >= 11 is 0. The summed E-state index contributed by atoms with van der Waals surface area (Å²) in [4.78, 5) is 38.7. The lowest BCUT2D eigenvalue weighted by atomic mass is 10.1. The molecule has 0 unspecified atom stereocenters. The zero-order valence-corrected chi connectivity index (χ0v) is 26.1. The van der Waals surface area contributed by atoms with Gasteiger partial charge < -0.3 is 29.6 Å². The van der Waals surface area contributed by atoms with Crippen molar-refractivity contribution in [1.82, 2.24) is 24.8 Å². The normalized spacial score (nSPS) is 21.8. The average Bonchev–Trinajstić information content (AvgIpc) is 3.68. The van der Waals surface area contributed by atoms with Crippen LogP contribution in [0.15, 0.2) is 66.1 Å². The second-order valence-corrected chi connectivity index (χ2v) is 12.5. The number of methoxy groups -OCH3 is 1. The molecule has 0 saturated carbocycles. The number of ether oxygens (including phenoxy) is 4. The molecule has 4 aromatic rings. The van der Waals surface area contributed by atoms with Crippen LogP contribution in [0.2, 0.25) is 0 Å². The molecule has 0 aliphatic carbocycles. The van der Waals surface area contributed by atoms with Crippen LogP contribution in [0.1, 0.15) is 27.0 Å². The Hall–Kier alpha value is -4.84. The number of benzene rings is 2. The van der Waals surface area contributed by atoms with E-state index in [2.05, 4.69) is 35.6 Å². The summed E-state index contributed by atoms with van der Waals surface area (Å²) in [5.41, 5.74) is 0.858. The van der Waals surface area contributed by atoms with Crippen molar-refractivity contribution in [3.63, 3.8) is 0 Å². The summed E-state index contributed by atoms with van der Waals surface area (Å²) < 4.78 is 53.9. The van der Waals surface area contributed by atoms with E-state index in [0.29, 0.717) is 23.6 Å². The SMILES string of the molecule is CCNC(=O)[C@H]1O[C@@H](n2cnc3c(NC(=O)Nc4ccccc4S(=O)(=O)Nc4ccc(OC)cc4)ncnc32)[C@@H]2OC(C)(C)O[C@@H]21. The summed E-state index contributed by atoms with van der Waals surface area (Å²) in [6.45, 7) is 5.73. The number of hydrogen-bond donors (Lipinski definition) is 4. The molecule has 2 aromatic carbocycles. The largest absolute Gasteiger partial charge is 0.497 e. The van der Waals surface area contributed by atoms with E-state index in [4.69, 9.17) is 18.9 Å². The van der Waals surface area contributed by atoms with Crippen LogP contribution >= 0.6 is 0 Å². The van der Waals surface area contributed by atoms with Crippen molar-refractivity contribution >= 4 is 50.3 Å². The number of nitrogens with one attached hydrogen (secondary N) is 4. The van der Waals surface area contributed by atoms with Gasteiger partial charge in [0.25, 0.3) is 15.9 Å². The zero-order valence-electron chi connectivity index (χ0n) is 25.3. The number of anilines is 3. The Morgan fingerprint density at radius 1 is 1.00 bits per heavy atom. The van der Waals surface area contributed by atoms with Gasteiger partial charge in [-0.15, -0.1) is 0 Å². The van der Waals surface area contributed by atoms with Gasteiger partial charge in [-0.1, -0.05) is 12.1 Å². The highest BCUT2D eigenvalue weighted by Gasteiger charge is 2.58. The maximum absolute atomic E-state index is 13.2. The first kappa shape index (κ1) is 31.2. The number of sulfonamides is 1. The number of imidazole rings is 1. The first-order valence-corrected chi connectivity index (χ1v) is 15.8. The number of nitrogens with zero attached hydrogens (tertiary/aromatic N) is 4. The van der Waals surface area contributed by atoms with Gasteiger partial charge in [-0.2, -0.15) is 0 Å². The monoisotopic (exact) mass is 652 g/mol. The summed E-state index contributed by atoms with van der Waals surface area (Å²) in [6, 6.07) is 11.5. The highest BCUT2D eigenvalue weighted by Crippen LogP contribution is 2.44. The Bertz CT molecular complexity index is 1880. The highest BCUT2D eigenvalue weighted by molar-refractivity contribution is 7.92. The van der Waals surface area contributed by atoms with Crippen molar-refractivity contribution in [2.75, 3.05) is 29.0 Å². The lowest BCUT2D eigenvalue weighted by molar-refractivity contribution is -0.197. The lowest BCUT2D eigenvalue weighted by Gasteiger charge is -2.24. The van der Waals surface area contributed by atoms with Gasteiger partial charge in [0.05, 0.1) is 19.1 Å². The molecular formula is C29H32N8O8S. The maximum atomic E-state index is 13.2. The molecule has 2 aromatic heterocycles. The molecule has 17 heteroatoms. The van der Waals surface area contributed by atoms with E-state index in [1.165, 1.54) is 31.9 Å². The zero-order chi connectivity index (χ0) is 32.6. The molecule has 46 heavy (non-hydrogen) atoms. The van der Waals surface area contributed by atoms with Crippen molar-refractivity contribution in [1.29, 1.82) is 0 Å². The van der Waals surface area contributed by atoms with Crippen molar-refractivity contribution in [2.45, 2.75) is 56.0 Å². The van der Waals surface area contributed by atoms with Gasteiger partial charge in [-0.05, 0) is 57.2 Å². The maximum Gasteiger partial charge on any atom is 0.324 e. The Balaban J connectivity index is 1.22. The smallest absolute Gasteiger partial charge is 0.324 e. The Kier molecular flexibility index (Phi) is 8.24. The second-order valence-electron chi connectivity index (χ2n) is 10.9. The number of fused-ring (bicyclic) bond motifs is 2. The van der Waals surface area contributed by atoms with E-state index in [0.717, 1.165) is 0 Å². The van der Waals surface area contributed by atoms with Crippen LogP contribution in [-0.2, 0) is 29.0 Å². The van der Waals surface area contributed by atoms with Crippen LogP contribution in [0, 0.1) is 0 Å².